The predicted octanol–water partition coefficient (Wildman–Crippen LogP) is 5.70. The summed E-state index contributed by atoms with van der Waals surface area (Å²) in [5.41, 5.74) is 0. The maximum absolute atomic E-state index is 13.3. The van der Waals surface area contributed by atoms with E-state index in [0.29, 0.717) is 19.3 Å². The number of nitrogens with one attached hydrogen (secondary N) is 1. The normalized spacial score (nSPS) is 30.3. The summed E-state index contributed by atoms with van der Waals surface area (Å²) < 4.78 is 34.2. The van der Waals surface area contributed by atoms with Crippen LogP contribution >= 0.6 is 0 Å². The molecule has 17 atom stereocenters. The van der Waals surface area contributed by atoms with Gasteiger partial charge in [0.2, 0.25) is 5.91 Å². The van der Waals surface area contributed by atoms with Gasteiger partial charge in [-0.15, -0.1) is 0 Å². The summed E-state index contributed by atoms with van der Waals surface area (Å²) in [6, 6.07) is -1.04. The second-order valence-corrected chi connectivity index (χ2v) is 21.1. The third kappa shape index (κ3) is 29.0. The number of hydrogen-bond acceptors (Lipinski definition) is 18. The van der Waals surface area contributed by atoms with Crippen molar-refractivity contribution in [2.75, 3.05) is 26.4 Å². The maximum Gasteiger partial charge on any atom is 0.220 e. The first-order valence-corrected chi connectivity index (χ1v) is 30.3. The van der Waals surface area contributed by atoms with Crippen molar-refractivity contribution in [2.45, 2.75) is 247 Å². The molecule has 0 bridgehead atoms. The standard InChI is InChI=1S/C64H103NO18/c1-3-5-7-9-11-13-15-17-19-20-21-22-23-24-25-26-28-30-32-34-36-38-40-42-52(70)65-47(48(69)41-39-37-35-33-31-29-27-18-16-14-12-10-8-6-4-2)46-78-62-58(76)55(73)60(50(44-67)80-62)83-64-59(77)56(74)61(51(45-68)81-64)82-63-57(75)54(72)53(71)49(43-66)79-63/h5,7,11,13,16-19,21-22,24-25,28,30-31,33-34,36,39,41,47-51,53-64,66-69,71-77H,3-4,6,8-10,12,14-15,20,23,26-27,29,32,35,37-38,40,42-46H2,1-2H3,(H,65,70)/b7-5-,13-11-,18-16+,19-17-,22-21-,25-24-,30-28-,33-31+,36-34-,41-39+. The Morgan fingerprint density at radius 2 is 0.843 bits per heavy atom. The maximum atomic E-state index is 13.3. The fourth-order valence-electron chi connectivity index (χ4n) is 9.27. The molecule has 12 N–H and O–H groups in total. The van der Waals surface area contributed by atoms with Crippen molar-refractivity contribution in [1.82, 2.24) is 5.32 Å². The Kier molecular flexibility index (Phi) is 40.3. The van der Waals surface area contributed by atoms with Crippen molar-refractivity contribution >= 4 is 5.91 Å². The van der Waals surface area contributed by atoms with Gasteiger partial charge in [-0.05, 0) is 96.3 Å². The lowest BCUT2D eigenvalue weighted by Crippen LogP contribution is -2.66. The molecular weight excluding hydrogens is 1070 g/mol. The summed E-state index contributed by atoms with van der Waals surface area (Å²) >= 11 is 0. The Labute approximate surface area is 493 Å². The molecule has 0 saturated carbocycles. The van der Waals surface area contributed by atoms with Crippen LogP contribution in [0, 0.1) is 0 Å². The molecule has 3 rings (SSSR count). The van der Waals surface area contributed by atoms with Gasteiger partial charge in [0, 0.05) is 6.42 Å². The van der Waals surface area contributed by atoms with Crippen molar-refractivity contribution < 1.29 is 89.4 Å². The van der Waals surface area contributed by atoms with E-state index < -0.39 is 131 Å². The molecule has 0 aromatic heterocycles. The Balaban J connectivity index is 1.53. The highest BCUT2D eigenvalue weighted by molar-refractivity contribution is 5.76. The van der Waals surface area contributed by atoms with Crippen molar-refractivity contribution in [3.05, 3.63) is 122 Å². The molecule has 19 heteroatoms. The third-order valence-electron chi connectivity index (χ3n) is 14.2. The zero-order chi connectivity index (χ0) is 60.5. The zero-order valence-electron chi connectivity index (χ0n) is 49.1. The second-order valence-electron chi connectivity index (χ2n) is 21.1. The molecule has 3 aliphatic rings. The fraction of sp³-hybridized carbons (Fsp3) is 0.672. The minimum absolute atomic E-state index is 0.143. The summed E-state index contributed by atoms with van der Waals surface area (Å²) in [5.74, 6) is -0.355. The van der Waals surface area contributed by atoms with Crippen LogP contribution < -0.4 is 5.32 Å². The number of amides is 1. The van der Waals surface area contributed by atoms with Gasteiger partial charge in [-0.25, -0.2) is 0 Å². The topological polar surface area (TPSA) is 307 Å². The van der Waals surface area contributed by atoms with Gasteiger partial charge >= 0.3 is 0 Å². The quantitative estimate of drug-likeness (QED) is 0.0258. The number of allylic oxidation sites excluding steroid dienone is 19. The lowest BCUT2D eigenvalue weighted by atomic mass is 9.96. The predicted molar refractivity (Wildman–Crippen MR) is 318 cm³/mol. The average molecular weight is 1170 g/mol. The third-order valence-corrected chi connectivity index (χ3v) is 14.2. The van der Waals surface area contributed by atoms with E-state index in [0.717, 1.165) is 70.6 Å². The SMILES string of the molecule is CC/C=C\C/C=C\C/C=C\C/C=C\C/C=C\C/C=C\C/C=C\CCCC(=O)NC(COC1OC(CO)C(OC2OC(CO)C(OC3OC(CO)C(O)C(O)C3O)C(O)C2O)C(O)C1O)C(O)/C=C/CC/C=C/CC/C=C/CCCCCCC. The average Bonchev–Trinajstić information content (AvgIpc) is 3.18. The first-order chi connectivity index (χ1) is 40.3. The molecule has 0 spiro atoms. The molecule has 3 fully saturated rings. The molecule has 17 unspecified atom stereocenters. The smallest absolute Gasteiger partial charge is 0.220 e. The summed E-state index contributed by atoms with van der Waals surface area (Å²) in [4.78, 5) is 13.3. The summed E-state index contributed by atoms with van der Waals surface area (Å²) in [6.45, 7) is 1.48. The van der Waals surface area contributed by atoms with Crippen LogP contribution in [0.25, 0.3) is 0 Å². The van der Waals surface area contributed by atoms with Crippen LogP contribution in [0.4, 0.5) is 0 Å². The van der Waals surface area contributed by atoms with Gasteiger partial charge in [0.15, 0.2) is 18.9 Å². The number of aliphatic hydroxyl groups is 11. The number of hydrogen-bond donors (Lipinski definition) is 12. The molecule has 83 heavy (non-hydrogen) atoms. The fourth-order valence-corrected chi connectivity index (χ4v) is 9.27. The molecule has 0 aliphatic carbocycles. The number of carbonyl (C=O) groups is 1. The van der Waals surface area contributed by atoms with Gasteiger partial charge in [0.25, 0.3) is 0 Å². The summed E-state index contributed by atoms with van der Waals surface area (Å²) in [7, 11) is 0. The Hall–Kier alpha value is -3.81. The van der Waals surface area contributed by atoms with Crippen molar-refractivity contribution in [3.8, 4) is 0 Å². The lowest BCUT2D eigenvalue weighted by molar-refractivity contribution is -0.379. The highest BCUT2D eigenvalue weighted by Crippen LogP contribution is 2.33. The first-order valence-electron chi connectivity index (χ1n) is 30.3. The van der Waals surface area contributed by atoms with Gasteiger partial charge in [-0.1, -0.05) is 161 Å². The van der Waals surface area contributed by atoms with Gasteiger partial charge in [-0.2, -0.15) is 0 Å². The van der Waals surface area contributed by atoms with Crippen LogP contribution in [0.15, 0.2) is 122 Å². The van der Waals surface area contributed by atoms with E-state index in [-0.39, 0.29) is 12.3 Å². The second kappa shape index (κ2) is 45.5. The minimum Gasteiger partial charge on any atom is -0.394 e. The number of aliphatic hydroxyl groups excluding tert-OH is 11. The van der Waals surface area contributed by atoms with E-state index in [2.05, 4.69) is 116 Å². The Bertz CT molecular complexity index is 1980. The summed E-state index contributed by atoms with van der Waals surface area (Å²) in [5, 5.41) is 120. The summed E-state index contributed by atoms with van der Waals surface area (Å²) in [6.07, 6.45) is 33.3. The molecule has 0 aromatic rings. The van der Waals surface area contributed by atoms with E-state index >= 15 is 0 Å². The minimum atomic E-state index is -1.99. The molecule has 3 aliphatic heterocycles. The van der Waals surface area contributed by atoms with Crippen LogP contribution in [0.2, 0.25) is 0 Å². The van der Waals surface area contributed by atoms with E-state index in [1.807, 2.05) is 12.2 Å². The van der Waals surface area contributed by atoms with E-state index in [1.54, 1.807) is 12.2 Å². The molecule has 0 radical (unpaired) electrons. The van der Waals surface area contributed by atoms with Crippen molar-refractivity contribution in [1.29, 1.82) is 0 Å². The van der Waals surface area contributed by atoms with E-state index in [9.17, 15) is 61.0 Å². The Morgan fingerprint density at radius 3 is 1.34 bits per heavy atom. The van der Waals surface area contributed by atoms with Gasteiger partial charge < -0.3 is 89.9 Å². The van der Waals surface area contributed by atoms with Crippen LogP contribution in [-0.4, -0.2) is 193 Å². The van der Waals surface area contributed by atoms with E-state index in [4.69, 9.17) is 28.4 Å². The number of rotatable bonds is 42. The largest absolute Gasteiger partial charge is 0.394 e. The highest BCUT2D eigenvalue weighted by atomic mass is 16.8. The van der Waals surface area contributed by atoms with Crippen LogP contribution in [0.1, 0.15) is 142 Å². The molecular formula is C64H103NO18. The number of carbonyl (C=O) groups excluding carboxylic acids is 1. The Morgan fingerprint density at radius 1 is 0.446 bits per heavy atom. The highest BCUT2D eigenvalue weighted by Gasteiger charge is 2.53. The first kappa shape index (κ1) is 73.4. The van der Waals surface area contributed by atoms with Crippen LogP contribution in [-0.2, 0) is 33.2 Å². The molecule has 3 heterocycles. The number of unbranched alkanes of at least 4 members (excludes halogenated alkanes) is 8. The zero-order valence-corrected chi connectivity index (χ0v) is 49.1. The van der Waals surface area contributed by atoms with Crippen molar-refractivity contribution in [3.63, 3.8) is 0 Å². The molecule has 1 amide bonds. The van der Waals surface area contributed by atoms with Gasteiger partial charge in [0.05, 0.1) is 38.6 Å². The van der Waals surface area contributed by atoms with Gasteiger partial charge in [-0.3, -0.25) is 4.79 Å². The van der Waals surface area contributed by atoms with Crippen molar-refractivity contribution in [2.24, 2.45) is 0 Å². The van der Waals surface area contributed by atoms with Crippen LogP contribution in [0.3, 0.4) is 0 Å². The molecule has 472 valence electrons. The monoisotopic (exact) mass is 1170 g/mol. The number of ether oxygens (including phenoxy) is 6. The van der Waals surface area contributed by atoms with Gasteiger partial charge in [0.1, 0.15) is 73.2 Å². The molecule has 19 nitrogen and oxygen atoms in total. The van der Waals surface area contributed by atoms with E-state index in [1.165, 1.54) is 32.1 Å². The lowest BCUT2D eigenvalue weighted by Gasteiger charge is -2.48. The molecule has 0 aromatic carbocycles. The van der Waals surface area contributed by atoms with Crippen LogP contribution in [0.5, 0.6) is 0 Å². The molecule has 3 saturated heterocycles.